The maximum absolute atomic E-state index is 5.01. The average molecular weight is 507 g/mol. The van der Waals surface area contributed by atoms with Crippen LogP contribution in [0.2, 0.25) is 0 Å². The molecule has 0 fully saturated rings. The zero-order valence-electron chi connectivity index (χ0n) is 22.4. The van der Waals surface area contributed by atoms with Crippen LogP contribution in [0.1, 0.15) is 60.6 Å². The highest BCUT2D eigenvalue weighted by molar-refractivity contribution is 5.94. The van der Waals surface area contributed by atoms with Gasteiger partial charge in [-0.3, -0.25) is 0 Å². The molecular weight excluding hydrogens is 476 g/mol. The van der Waals surface area contributed by atoms with Crippen LogP contribution in [-0.2, 0) is 5.41 Å². The summed E-state index contributed by atoms with van der Waals surface area (Å²) < 4.78 is 0. The minimum Gasteiger partial charge on any atom is -0.355 e. The van der Waals surface area contributed by atoms with Crippen molar-refractivity contribution in [2.24, 2.45) is 0 Å². The summed E-state index contributed by atoms with van der Waals surface area (Å²) in [6, 6.07) is 21.7. The number of fused-ring (bicyclic) bond motifs is 8. The Morgan fingerprint density at radius 1 is 0.641 bits per heavy atom. The molecule has 3 aliphatic rings. The fourth-order valence-electron chi connectivity index (χ4n) is 5.51. The molecule has 5 heterocycles. The summed E-state index contributed by atoms with van der Waals surface area (Å²) in [5.41, 5.74) is 12.7. The Hall–Kier alpha value is -4.70. The van der Waals surface area contributed by atoms with Gasteiger partial charge < -0.3 is 9.97 Å². The van der Waals surface area contributed by atoms with Crippen molar-refractivity contribution in [2.75, 3.05) is 0 Å². The number of aromatic amines is 2. The third-order valence-corrected chi connectivity index (χ3v) is 7.56. The minimum atomic E-state index is 0.102. The number of hydrogen-bond acceptors (Lipinski definition) is 2. The summed E-state index contributed by atoms with van der Waals surface area (Å²) >= 11 is 0. The molecule has 0 amide bonds. The van der Waals surface area contributed by atoms with Crippen LogP contribution >= 0.6 is 0 Å². The van der Waals surface area contributed by atoms with Gasteiger partial charge in [0, 0.05) is 39.1 Å². The number of benzene rings is 1. The zero-order valence-corrected chi connectivity index (χ0v) is 22.4. The van der Waals surface area contributed by atoms with E-state index in [0.717, 1.165) is 61.5 Å². The molecule has 8 bridgehead atoms. The van der Waals surface area contributed by atoms with Gasteiger partial charge in [-0.25, -0.2) is 9.97 Å². The van der Waals surface area contributed by atoms with E-state index in [-0.39, 0.29) is 11.3 Å². The second-order valence-corrected chi connectivity index (χ2v) is 11.4. The lowest BCUT2D eigenvalue weighted by molar-refractivity contribution is 0.590. The second kappa shape index (κ2) is 8.95. The fourth-order valence-corrected chi connectivity index (χ4v) is 5.51. The first-order chi connectivity index (χ1) is 18.9. The molecule has 4 nitrogen and oxygen atoms in total. The van der Waals surface area contributed by atoms with Crippen molar-refractivity contribution in [1.29, 1.82) is 0 Å². The van der Waals surface area contributed by atoms with E-state index in [1.165, 1.54) is 5.56 Å². The number of nitrogens with one attached hydrogen (secondary N) is 2. The standard InChI is InChI=1S/C35H30N4/c1-35(2,3)24-10-8-23(9-11-24)34-31-18-14-27(38-31)20-25-12-16-29(36-25)33(22-6-4-5-7-22)30-17-13-26(37-30)21-28-15-19-32(34)39-28/h4-22,38-39H,1-3H3. The lowest BCUT2D eigenvalue weighted by Gasteiger charge is -2.19. The molecule has 0 saturated heterocycles. The van der Waals surface area contributed by atoms with E-state index in [4.69, 9.17) is 9.97 Å². The molecule has 4 heteroatoms. The van der Waals surface area contributed by atoms with Gasteiger partial charge in [-0.15, -0.1) is 0 Å². The molecule has 4 aromatic rings. The van der Waals surface area contributed by atoms with Crippen LogP contribution in [0, 0.1) is 0 Å². The predicted octanol–water partition coefficient (Wildman–Crippen LogP) is 8.83. The summed E-state index contributed by atoms with van der Waals surface area (Å²) in [6.07, 6.45) is 17.0. The number of H-pyrrole nitrogens is 2. The lowest BCUT2D eigenvalue weighted by atomic mass is 9.86. The maximum Gasteiger partial charge on any atom is 0.0700 e. The third kappa shape index (κ3) is 4.38. The van der Waals surface area contributed by atoms with Crippen LogP contribution in [-0.4, -0.2) is 19.9 Å². The highest BCUT2D eigenvalue weighted by atomic mass is 14.8. The highest BCUT2D eigenvalue weighted by Crippen LogP contribution is 2.33. The van der Waals surface area contributed by atoms with Gasteiger partial charge in [-0.2, -0.15) is 0 Å². The second-order valence-electron chi connectivity index (χ2n) is 11.4. The van der Waals surface area contributed by atoms with Gasteiger partial charge in [0.05, 0.1) is 22.8 Å². The molecule has 3 aromatic heterocycles. The number of allylic oxidation sites excluding steroid dienone is 4. The van der Waals surface area contributed by atoms with Crippen molar-refractivity contribution in [2.45, 2.75) is 32.1 Å². The quantitative estimate of drug-likeness (QED) is 0.246. The van der Waals surface area contributed by atoms with E-state index in [0.29, 0.717) is 0 Å². The Kier molecular flexibility index (Phi) is 5.38. The van der Waals surface area contributed by atoms with Crippen molar-refractivity contribution < 1.29 is 0 Å². The van der Waals surface area contributed by atoms with E-state index >= 15 is 0 Å². The van der Waals surface area contributed by atoms with Crippen molar-refractivity contribution >= 4 is 46.4 Å². The van der Waals surface area contributed by atoms with Crippen LogP contribution in [0.3, 0.4) is 0 Å². The van der Waals surface area contributed by atoms with Crippen LogP contribution in [0.5, 0.6) is 0 Å². The first-order valence-electron chi connectivity index (χ1n) is 13.5. The molecule has 0 radical (unpaired) electrons. The van der Waals surface area contributed by atoms with Gasteiger partial charge in [0.2, 0.25) is 0 Å². The molecule has 190 valence electrons. The molecule has 0 atom stereocenters. The Morgan fingerprint density at radius 3 is 1.69 bits per heavy atom. The first-order valence-corrected chi connectivity index (χ1v) is 13.5. The third-order valence-electron chi connectivity index (χ3n) is 7.56. The minimum absolute atomic E-state index is 0.102. The van der Waals surface area contributed by atoms with Gasteiger partial charge in [0.1, 0.15) is 0 Å². The summed E-state index contributed by atoms with van der Waals surface area (Å²) in [6.45, 7) is 6.74. The molecule has 2 aliphatic heterocycles. The van der Waals surface area contributed by atoms with Crippen molar-refractivity contribution in [3.8, 4) is 11.1 Å². The van der Waals surface area contributed by atoms with Crippen molar-refractivity contribution in [1.82, 2.24) is 19.9 Å². The molecule has 0 saturated carbocycles. The van der Waals surface area contributed by atoms with E-state index in [1.807, 2.05) is 0 Å². The monoisotopic (exact) mass is 506 g/mol. The van der Waals surface area contributed by atoms with E-state index in [1.54, 1.807) is 0 Å². The molecule has 0 unspecified atom stereocenters. The number of aromatic nitrogens is 4. The van der Waals surface area contributed by atoms with Crippen LogP contribution < -0.4 is 0 Å². The number of nitrogens with zero attached hydrogens (tertiary/aromatic N) is 2. The molecule has 39 heavy (non-hydrogen) atoms. The van der Waals surface area contributed by atoms with Crippen molar-refractivity contribution in [3.63, 3.8) is 0 Å². The number of hydrogen-bond donors (Lipinski definition) is 2. The van der Waals surface area contributed by atoms with Gasteiger partial charge >= 0.3 is 0 Å². The molecule has 1 aliphatic carbocycles. The molecule has 0 spiro atoms. The normalized spacial score (nSPS) is 14.5. The SMILES string of the molecule is CC(C)(C)c1ccc(-c2c3ccc(cc4nc(c(C5C=CC=C5)c5nc(cc6ccc2[nH]6)C=C5)C=C4)[nH]3)cc1. The summed E-state index contributed by atoms with van der Waals surface area (Å²) in [5, 5.41) is 0. The first kappa shape index (κ1) is 23.4. The largest absolute Gasteiger partial charge is 0.355 e. The summed E-state index contributed by atoms with van der Waals surface area (Å²) in [5.74, 6) is 0.158. The molecule has 2 N–H and O–H groups in total. The van der Waals surface area contributed by atoms with Crippen LogP contribution in [0.4, 0.5) is 0 Å². The van der Waals surface area contributed by atoms with Crippen LogP contribution in [0.25, 0.3) is 57.5 Å². The summed E-state index contributed by atoms with van der Waals surface area (Å²) in [4.78, 5) is 17.3. The van der Waals surface area contributed by atoms with E-state index in [2.05, 4.69) is 140 Å². The van der Waals surface area contributed by atoms with E-state index < -0.39 is 0 Å². The van der Waals surface area contributed by atoms with Gasteiger partial charge in [0.15, 0.2) is 0 Å². The fraction of sp³-hybridized carbons (Fsp3) is 0.143. The Balaban J connectivity index is 1.51. The average Bonchev–Trinajstić information content (AvgIpc) is 3.74. The van der Waals surface area contributed by atoms with E-state index in [9.17, 15) is 0 Å². The van der Waals surface area contributed by atoms with Gasteiger partial charge in [-0.05, 0) is 77.2 Å². The Bertz CT molecular complexity index is 1780. The summed E-state index contributed by atoms with van der Waals surface area (Å²) in [7, 11) is 0. The topological polar surface area (TPSA) is 57.4 Å². The van der Waals surface area contributed by atoms with Crippen LogP contribution in [0.15, 0.2) is 85.0 Å². The molecular formula is C35H30N4. The smallest absolute Gasteiger partial charge is 0.0700 e. The lowest BCUT2D eigenvalue weighted by Crippen LogP contribution is -2.10. The Morgan fingerprint density at radius 2 is 1.18 bits per heavy atom. The predicted molar refractivity (Wildman–Crippen MR) is 164 cm³/mol. The van der Waals surface area contributed by atoms with Gasteiger partial charge in [0.25, 0.3) is 0 Å². The molecule has 7 rings (SSSR count). The zero-order chi connectivity index (χ0) is 26.6. The Labute approximate surface area is 228 Å². The molecule has 1 aromatic carbocycles. The van der Waals surface area contributed by atoms with Gasteiger partial charge in [-0.1, -0.05) is 69.3 Å². The maximum atomic E-state index is 5.01. The van der Waals surface area contributed by atoms with Crippen molar-refractivity contribution in [3.05, 3.63) is 119 Å². The number of rotatable bonds is 2. The highest BCUT2D eigenvalue weighted by Gasteiger charge is 2.19.